The van der Waals surface area contributed by atoms with Gasteiger partial charge >= 0.3 is 0 Å². The van der Waals surface area contributed by atoms with Crippen molar-refractivity contribution in [3.8, 4) is 5.75 Å². The van der Waals surface area contributed by atoms with Crippen LogP contribution in [0.3, 0.4) is 0 Å². The summed E-state index contributed by atoms with van der Waals surface area (Å²) in [4.78, 5) is 14.0. The summed E-state index contributed by atoms with van der Waals surface area (Å²) in [5.74, 6) is 0.901. The van der Waals surface area contributed by atoms with Crippen molar-refractivity contribution < 1.29 is 9.53 Å². The smallest absolute Gasteiger partial charge is 0.260 e. The van der Waals surface area contributed by atoms with Crippen molar-refractivity contribution in [2.45, 2.75) is 45.4 Å². The van der Waals surface area contributed by atoms with E-state index < -0.39 is 0 Å². The SMILES string of the molecule is CCCc1ccc(OCC(=O)N2CCCCCC2)cc1. The third-order valence-electron chi connectivity index (χ3n) is 3.78. The normalized spacial score (nSPS) is 15.8. The van der Waals surface area contributed by atoms with Crippen LogP contribution in [0.4, 0.5) is 0 Å². The van der Waals surface area contributed by atoms with E-state index in [4.69, 9.17) is 4.74 Å². The summed E-state index contributed by atoms with van der Waals surface area (Å²) in [5, 5.41) is 0. The number of amides is 1. The largest absolute Gasteiger partial charge is 0.484 e. The van der Waals surface area contributed by atoms with Crippen LogP contribution in [-0.4, -0.2) is 30.5 Å². The van der Waals surface area contributed by atoms with Gasteiger partial charge in [0.1, 0.15) is 5.75 Å². The van der Waals surface area contributed by atoms with Gasteiger partial charge in [0.25, 0.3) is 5.91 Å². The van der Waals surface area contributed by atoms with E-state index in [-0.39, 0.29) is 12.5 Å². The number of aryl methyl sites for hydroxylation is 1. The molecule has 0 N–H and O–H groups in total. The van der Waals surface area contributed by atoms with Crippen LogP contribution < -0.4 is 4.74 Å². The Morgan fingerprint density at radius 2 is 1.75 bits per heavy atom. The van der Waals surface area contributed by atoms with Gasteiger partial charge in [-0.05, 0) is 37.0 Å². The molecule has 1 aromatic carbocycles. The minimum atomic E-state index is 0.115. The molecular formula is C17H25NO2. The Morgan fingerprint density at radius 1 is 1.10 bits per heavy atom. The maximum absolute atomic E-state index is 12.1. The molecule has 0 bridgehead atoms. The van der Waals surface area contributed by atoms with Crippen molar-refractivity contribution in [3.63, 3.8) is 0 Å². The molecule has 0 unspecified atom stereocenters. The lowest BCUT2D eigenvalue weighted by molar-refractivity contribution is -0.133. The van der Waals surface area contributed by atoms with E-state index in [1.807, 2.05) is 17.0 Å². The third-order valence-corrected chi connectivity index (χ3v) is 3.78. The van der Waals surface area contributed by atoms with Crippen LogP contribution in [0.15, 0.2) is 24.3 Å². The number of likely N-dealkylation sites (tertiary alicyclic amines) is 1. The molecule has 0 atom stereocenters. The molecule has 0 aromatic heterocycles. The Balaban J connectivity index is 1.80. The van der Waals surface area contributed by atoms with Gasteiger partial charge in [0, 0.05) is 13.1 Å². The van der Waals surface area contributed by atoms with Crippen LogP contribution in [0.25, 0.3) is 0 Å². The van der Waals surface area contributed by atoms with Crippen LogP contribution >= 0.6 is 0 Å². The molecule has 2 rings (SSSR count). The van der Waals surface area contributed by atoms with Crippen molar-refractivity contribution in [1.82, 2.24) is 4.90 Å². The van der Waals surface area contributed by atoms with Crippen molar-refractivity contribution >= 4 is 5.91 Å². The Morgan fingerprint density at radius 3 is 2.35 bits per heavy atom. The molecule has 0 spiro atoms. The lowest BCUT2D eigenvalue weighted by Gasteiger charge is -2.20. The molecule has 1 saturated heterocycles. The predicted molar refractivity (Wildman–Crippen MR) is 81.0 cm³/mol. The summed E-state index contributed by atoms with van der Waals surface area (Å²) in [6.45, 7) is 4.10. The average molecular weight is 275 g/mol. The molecular weight excluding hydrogens is 250 g/mol. The minimum absolute atomic E-state index is 0.115. The number of ether oxygens (including phenoxy) is 1. The van der Waals surface area contributed by atoms with Crippen LogP contribution in [0.5, 0.6) is 5.75 Å². The van der Waals surface area contributed by atoms with Crippen LogP contribution in [-0.2, 0) is 11.2 Å². The van der Waals surface area contributed by atoms with E-state index in [1.54, 1.807) is 0 Å². The van der Waals surface area contributed by atoms with Gasteiger partial charge in [-0.2, -0.15) is 0 Å². The summed E-state index contributed by atoms with van der Waals surface area (Å²) in [7, 11) is 0. The molecule has 1 amide bonds. The average Bonchev–Trinajstić information content (AvgIpc) is 2.76. The lowest BCUT2D eigenvalue weighted by Crippen LogP contribution is -2.35. The van der Waals surface area contributed by atoms with Gasteiger partial charge in [-0.1, -0.05) is 38.3 Å². The second-order valence-electron chi connectivity index (χ2n) is 5.48. The number of carbonyl (C=O) groups excluding carboxylic acids is 1. The predicted octanol–water partition coefficient (Wildman–Crippen LogP) is 3.42. The lowest BCUT2D eigenvalue weighted by atomic mass is 10.1. The van der Waals surface area contributed by atoms with E-state index >= 15 is 0 Å². The number of rotatable bonds is 5. The highest BCUT2D eigenvalue weighted by Crippen LogP contribution is 2.14. The maximum Gasteiger partial charge on any atom is 0.260 e. The summed E-state index contributed by atoms with van der Waals surface area (Å²) >= 11 is 0. The van der Waals surface area contributed by atoms with Gasteiger partial charge in [0.15, 0.2) is 6.61 Å². The Kier molecular flexibility index (Phi) is 5.90. The molecule has 1 fully saturated rings. The molecule has 0 saturated carbocycles. The molecule has 20 heavy (non-hydrogen) atoms. The highest BCUT2D eigenvalue weighted by Gasteiger charge is 2.15. The summed E-state index contributed by atoms with van der Waals surface area (Å²) < 4.78 is 5.60. The highest BCUT2D eigenvalue weighted by atomic mass is 16.5. The van der Waals surface area contributed by atoms with Gasteiger partial charge in [-0.15, -0.1) is 0 Å². The first-order valence-corrected chi connectivity index (χ1v) is 7.79. The van der Waals surface area contributed by atoms with Gasteiger partial charge < -0.3 is 9.64 Å². The summed E-state index contributed by atoms with van der Waals surface area (Å²) in [6, 6.07) is 8.08. The second-order valence-corrected chi connectivity index (χ2v) is 5.48. The van der Waals surface area contributed by atoms with Crippen molar-refractivity contribution in [2.24, 2.45) is 0 Å². The Hall–Kier alpha value is -1.51. The van der Waals surface area contributed by atoms with E-state index in [0.29, 0.717) is 0 Å². The van der Waals surface area contributed by atoms with E-state index in [1.165, 1.54) is 18.4 Å². The van der Waals surface area contributed by atoms with E-state index in [9.17, 15) is 4.79 Å². The zero-order chi connectivity index (χ0) is 14.2. The molecule has 1 aliphatic heterocycles. The fourth-order valence-corrected chi connectivity index (χ4v) is 2.60. The monoisotopic (exact) mass is 275 g/mol. The topological polar surface area (TPSA) is 29.5 Å². The first-order chi connectivity index (χ1) is 9.79. The number of hydrogen-bond acceptors (Lipinski definition) is 2. The van der Waals surface area contributed by atoms with Crippen LogP contribution in [0.1, 0.15) is 44.6 Å². The van der Waals surface area contributed by atoms with Gasteiger partial charge in [-0.3, -0.25) is 4.79 Å². The standard InChI is InChI=1S/C17H25NO2/c1-2-7-15-8-10-16(11-9-15)20-14-17(19)18-12-5-3-4-6-13-18/h8-11H,2-7,12-14H2,1H3. The minimum Gasteiger partial charge on any atom is -0.484 e. The number of carbonyl (C=O) groups is 1. The zero-order valence-electron chi connectivity index (χ0n) is 12.4. The van der Waals surface area contributed by atoms with Crippen molar-refractivity contribution in [1.29, 1.82) is 0 Å². The van der Waals surface area contributed by atoms with Crippen molar-refractivity contribution in [3.05, 3.63) is 29.8 Å². The number of nitrogens with zero attached hydrogens (tertiary/aromatic N) is 1. The molecule has 110 valence electrons. The molecule has 0 aliphatic carbocycles. The molecule has 0 radical (unpaired) electrons. The van der Waals surface area contributed by atoms with E-state index in [0.717, 1.165) is 44.5 Å². The maximum atomic E-state index is 12.1. The molecule has 1 aliphatic rings. The molecule has 3 nitrogen and oxygen atoms in total. The first kappa shape index (κ1) is 14.9. The third kappa shape index (κ3) is 4.55. The number of hydrogen-bond donors (Lipinski definition) is 0. The first-order valence-electron chi connectivity index (χ1n) is 7.79. The van der Waals surface area contributed by atoms with Crippen molar-refractivity contribution in [2.75, 3.05) is 19.7 Å². The summed E-state index contributed by atoms with van der Waals surface area (Å²) in [5.41, 5.74) is 1.32. The molecule has 1 heterocycles. The fraction of sp³-hybridized carbons (Fsp3) is 0.588. The van der Waals surface area contributed by atoms with Crippen LogP contribution in [0.2, 0.25) is 0 Å². The molecule has 3 heteroatoms. The summed E-state index contributed by atoms with van der Waals surface area (Å²) in [6.07, 6.45) is 6.96. The van der Waals surface area contributed by atoms with E-state index in [2.05, 4.69) is 19.1 Å². The van der Waals surface area contributed by atoms with Gasteiger partial charge in [0.05, 0.1) is 0 Å². The van der Waals surface area contributed by atoms with Gasteiger partial charge in [0.2, 0.25) is 0 Å². The highest BCUT2D eigenvalue weighted by molar-refractivity contribution is 5.77. The Labute approximate surface area is 121 Å². The molecule has 1 aromatic rings. The van der Waals surface area contributed by atoms with Crippen LogP contribution in [0, 0.1) is 0 Å². The Bertz CT molecular complexity index is 406. The zero-order valence-corrected chi connectivity index (χ0v) is 12.4. The van der Waals surface area contributed by atoms with Gasteiger partial charge in [-0.25, -0.2) is 0 Å². The second kappa shape index (κ2) is 7.93. The fourth-order valence-electron chi connectivity index (χ4n) is 2.60. The quantitative estimate of drug-likeness (QED) is 0.824. The number of benzene rings is 1.